The van der Waals surface area contributed by atoms with Crippen LogP contribution in [0.15, 0.2) is 0 Å². The lowest BCUT2D eigenvalue weighted by Crippen LogP contribution is -2.23. The summed E-state index contributed by atoms with van der Waals surface area (Å²) in [7, 11) is 0. The van der Waals surface area contributed by atoms with E-state index in [0.29, 0.717) is 0 Å². The quantitative estimate of drug-likeness (QED) is 0.500. The molecule has 4 heteroatoms. The molecule has 0 saturated heterocycles. The highest BCUT2D eigenvalue weighted by Crippen LogP contribution is 2.04. The second-order valence-electron chi connectivity index (χ2n) is 2.38. The van der Waals surface area contributed by atoms with Crippen molar-refractivity contribution in [2.45, 2.75) is 19.4 Å². The van der Waals surface area contributed by atoms with Crippen LogP contribution >= 0.6 is 0 Å². The van der Waals surface area contributed by atoms with E-state index >= 15 is 0 Å². The molecule has 3 N–H and O–H groups in total. The Kier molecular flexibility index (Phi) is 3.99. The van der Waals surface area contributed by atoms with E-state index in [4.69, 9.17) is 15.3 Å². The van der Waals surface area contributed by atoms with E-state index in [1.54, 1.807) is 6.92 Å². The van der Waals surface area contributed by atoms with Crippen LogP contribution in [0.4, 0.5) is 0 Å². The molecule has 0 aromatic rings. The minimum absolute atomic E-state index is 0.0929. The third-order valence-electron chi connectivity index (χ3n) is 1.22. The molecular weight excluding hydrogens is 136 g/mol. The summed E-state index contributed by atoms with van der Waals surface area (Å²) in [4.78, 5) is 10.0. The molecule has 0 spiro atoms. The number of rotatable bonds is 4. The summed E-state index contributed by atoms with van der Waals surface area (Å²) < 4.78 is 0. The third-order valence-corrected chi connectivity index (χ3v) is 1.22. The van der Waals surface area contributed by atoms with Crippen molar-refractivity contribution in [1.29, 1.82) is 0 Å². The lowest BCUT2D eigenvalue weighted by Gasteiger charge is -2.09. The van der Waals surface area contributed by atoms with Gasteiger partial charge in [0.1, 0.15) is 0 Å². The maximum atomic E-state index is 10.0. The highest BCUT2D eigenvalue weighted by Gasteiger charge is 2.15. The molecule has 0 aliphatic rings. The first-order chi connectivity index (χ1) is 4.57. The van der Waals surface area contributed by atoms with Crippen LogP contribution in [0.2, 0.25) is 0 Å². The molecule has 0 radical (unpaired) electrons. The van der Waals surface area contributed by atoms with E-state index in [9.17, 15) is 4.79 Å². The topological polar surface area (TPSA) is 77.8 Å². The van der Waals surface area contributed by atoms with Gasteiger partial charge in [0, 0.05) is 6.61 Å². The molecule has 0 aliphatic heterocycles. The van der Waals surface area contributed by atoms with Crippen LogP contribution in [0.5, 0.6) is 0 Å². The molecule has 0 aliphatic carbocycles. The number of carboxylic acid groups (broad SMARTS) is 1. The van der Waals surface area contributed by atoms with Gasteiger partial charge in [0.05, 0.1) is 0 Å². The van der Waals surface area contributed by atoms with Crippen LogP contribution < -0.4 is 0 Å². The molecular formula is C6H12O4. The van der Waals surface area contributed by atoms with Crippen LogP contribution in [-0.2, 0) is 4.79 Å². The molecule has 4 nitrogen and oxygen atoms in total. The summed E-state index contributed by atoms with van der Waals surface area (Å²) in [5.41, 5.74) is 0. The summed E-state index contributed by atoms with van der Waals surface area (Å²) >= 11 is 0. The van der Waals surface area contributed by atoms with Crippen molar-refractivity contribution in [3.05, 3.63) is 0 Å². The van der Waals surface area contributed by atoms with Crippen LogP contribution in [0.1, 0.15) is 13.3 Å². The van der Waals surface area contributed by atoms with E-state index in [1.807, 2.05) is 0 Å². The van der Waals surface area contributed by atoms with Gasteiger partial charge in [-0.25, -0.2) is 4.79 Å². The van der Waals surface area contributed by atoms with Gasteiger partial charge in [0.25, 0.3) is 0 Å². The van der Waals surface area contributed by atoms with Gasteiger partial charge < -0.3 is 15.3 Å². The summed E-state index contributed by atoms with van der Waals surface area (Å²) in [5.74, 6) is -1.40. The van der Waals surface area contributed by atoms with Gasteiger partial charge in [-0.1, -0.05) is 6.92 Å². The van der Waals surface area contributed by atoms with Crippen molar-refractivity contribution < 1.29 is 20.1 Å². The zero-order valence-corrected chi connectivity index (χ0v) is 5.82. The predicted molar refractivity (Wildman–Crippen MR) is 34.5 cm³/mol. The molecule has 0 aromatic heterocycles. The Labute approximate surface area is 59.1 Å². The standard InChI is InChI=1S/C6H12O4/c1-4(3-7)2-5(8)6(9)10/h4-5,7-8H,2-3H2,1H3,(H,9,10)/t4-,5-/m1/s1. The number of hydrogen-bond donors (Lipinski definition) is 3. The van der Waals surface area contributed by atoms with Crippen LogP contribution in [0.3, 0.4) is 0 Å². The van der Waals surface area contributed by atoms with Gasteiger partial charge >= 0.3 is 5.97 Å². The highest BCUT2D eigenvalue weighted by molar-refractivity contribution is 5.71. The molecule has 2 atom stereocenters. The summed E-state index contributed by atoms with van der Waals surface area (Å²) in [6, 6.07) is 0. The first kappa shape index (κ1) is 9.39. The molecule has 0 unspecified atom stereocenters. The van der Waals surface area contributed by atoms with Crippen molar-refractivity contribution in [2.75, 3.05) is 6.61 Å². The Hall–Kier alpha value is -0.610. The lowest BCUT2D eigenvalue weighted by molar-refractivity contribution is -0.147. The SMILES string of the molecule is C[C@@H](CO)C[C@@H](O)C(=O)O. The molecule has 0 heterocycles. The predicted octanol–water partition coefficient (Wildman–Crippen LogP) is -0.550. The van der Waals surface area contributed by atoms with Crippen molar-refractivity contribution in [3.63, 3.8) is 0 Å². The van der Waals surface area contributed by atoms with Crippen molar-refractivity contribution in [3.8, 4) is 0 Å². The van der Waals surface area contributed by atoms with Crippen LogP contribution in [0, 0.1) is 5.92 Å². The molecule has 0 bridgehead atoms. The van der Waals surface area contributed by atoms with Gasteiger partial charge in [-0.2, -0.15) is 0 Å². The number of aliphatic hydroxyl groups is 2. The van der Waals surface area contributed by atoms with Gasteiger partial charge in [-0.15, -0.1) is 0 Å². The fraction of sp³-hybridized carbons (Fsp3) is 0.833. The van der Waals surface area contributed by atoms with Crippen molar-refractivity contribution in [1.82, 2.24) is 0 Å². The monoisotopic (exact) mass is 148 g/mol. The normalized spacial score (nSPS) is 16.3. The fourth-order valence-corrected chi connectivity index (χ4v) is 0.556. The van der Waals surface area contributed by atoms with Crippen molar-refractivity contribution >= 4 is 5.97 Å². The van der Waals surface area contributed by atoms with Crippen LogP contribution in [0.25, 0.3) is 0 Å². The van der Waals surface area contributed by atoms with Gasteiger partial charge in [0.2, 0.25) is 0 Å². The molecule has 0 aromatic carbocycles. The zero-order valence-electron chi connectivity index (χ0n) is 5.82. The Bertz CT molecular complexity index is 112. The second kappa shape index (κ2) is 4.24. The van der Waals surface area contributed by atoms with E-state index in [-0.39, 0.29) is 18.9 Å². The molecule has 0 amide bonds. The van der Waals surface area contributed by atoms with Crippen molar-refractivity contribution in [2.24, 2.45) is 5.92 Å². The van der Waals surface area contributed by atoms with E-state index in [2.05, 4.69) is 0 Å². The van der Waals surface area contributed by atoms with E-state index in [0.717, 1.165) is 0 Å². The number of aliphatic hydroxyl groups excluding tert-OH is 2. The Balaban J connectivity index is 3.56. The lowest BCUT2D eigenvalue weighted by atomic mass is 10.1. The third kappa shape index (κ3) is 3.42. The first-order valence-corrected chi connectivity index (χ1v) is 3.09. The molecule has 0 saturated carbocycles. The number of hydrogen-bond acceptors (Lipinski definition) is 3. The Morgan fingerprint density at radius 3 is 2.40 bits per heavy atom. The fourth-order valence-electron chi connectivity index (χ4n) is 0.556. The zero-order chi connectivity index (χ0) is 8.15. The number of carbonyl (C=O) groups is 1. The number of carboxylic acids is 1. The largest absolute Gasteiger partial charge is 0.479 e. The minimum Gasteiger partial charge on any atom is -0.479 e. The van der Waals surface area contributed by atoms with E-state index in [1.165, 1.54) is 0 Å². The molecule has 0 rings (SSSR count). The van der Waals surface area contributed by atoms with Gasteiger partial charge in [-0.05, 0) is 12.3 Å². The molecule has 10 heavy (non-hydrogen) atoms. The summed E-state index contributed by atoms with van der Waals surface area (Å²) in [6.07, 6.45) is -1.24. The average molecular weight is 148 g/mol. The summed E-state index contributed by atoms with van der Waals surface area (Å²) in [5, 5.41) is 25.4. The maximum absolute atomic E-state index is 10.0. The maximum Gasteiger partial charge on any atom is 0.332 e. The van der Waals surface area contributed by atoms with E-state index < -0.39 is 12.1 Å². The Morgan fingerprint density at radius 2 is 2.10 bits per heavy atom. The first-order valence-electron chi connectivity index (χ1n) is 3.09. The highest BCUT2D eigenvalue weighted by atomic mass is 16.4. The van der Waals surface area contributed by atoms with Crippen LogP contribution in [-0.4, -0.2) is 34.0 Å². The molecule has 0 fully saturated rings. The van der Waals surface area contributed by atoms with Gasteiger partial charge in [-0.3, -0.25) is 0 Å². The molecule has 60 valence electrons. The smallest absolute Gasteiger partial charge is 0.332 e. The summed E-state index contributed by atoms with van der Waals surface area (Å²) in [6.45, 7) is 1.58. The minimum atomic E-state index is -1.35. The Morgan fingerprint density at radius 1 is 1.60 bits per heavy atom. The second-order valence-corrected chi connectivity index (χ2v) is 2.38. The van der Waals surface area contributed by atoms with Gasteiger partial charge in [0.15, 0.2) is 6.10 Å². The average Bonchev–Trinajstić information content (AvgIpc) is 1.87. The number of aliphatic carboxylic acids is 1.